The molecule has 2 rings (SSSR count). The lowest BCUT2D eigenvalue weighted by Gasteiger charge is -2.23. The highest BCUT2D eigenvalue weighted by molar-refractivity contribution is 5.47. The van der Waals surface area contributed by atoms with Crippen LogP contribution in [0.15, 0.2) is 42.5 Å². The van der Waals surface area contributed by atoms with E-state index >= 15 is 0 Å². The van der Waals surface area contributed by atoms with Crippen molar-refractivity contribution >= 4 is 5.69 Å². The van der Waals surface area contributed by atoms with Crippen molar-refractivity contribution in [2.75, 3.05) is 25.1 Å². The molecular weight excluding hydrogens is 288 g/mol. The average Bonchev–Trinajstić information content (AvgIpc) is 2.46. The summed E-state index contributed by atoms with van der Waals surface area (Å²) in [7, 11) is 1.63. The first kappa shape index (κ1) is 16.2. The summed E-state index contributed by atoms with van der Waals surface area (Å²) >= 11 is 0. The molecule has 0 saturated carbocycles. The molecule has 0 radical (unpaired) electrons. The Bertz CT molecular complexity index is 634. The van der Waals surface area contributed by atoms with Crippen LogP contribution < -0.4 is 9.64 Å². The summed E-state index contributed by atoms with van der Waals surface area (Å²) in [5.41, 5.74) is 1.21. The number of para-hydroxylation sites is 1. The Morgan fingerprint density at radius 2 is 1.91 bits per heavy atom. The van der Waals surface area contributed by atoms with Gasteiger partial charge in [-0.15, -0.1) is 0 Å². The van der Waals surface area contributed by atoms with Gasteiger partial charge in [-0.2, -0.15) is 0 Å². The van der Waals surface area contributed by atoms with Crippen molar-refractivity contribution in [2.24, 2.45) is 0 Å². The quantitative estimate of drug-likeness (QED) is 0.890. The molecule has 1 atom stereocenters. The maximum Gasteiger partial charge on any atom is 0.149 e. The first-order valence-corrected chi connectivity index (χ1v) is 7.00. The van der Waals surface area contributed by atoms with Crippen molar-refractivity contribution in [1.82, 2.24) is 0 Å². The van der Waals surface area contributed by atoms with Gasteiger partial charge in [-0.1, -0.05) is 18.2 Å². The fourth-order valence-electron chi connectivity index (χ4n) is 2.16. The minimum atomic E-state index is -0.797. The number of hydrogen-bond donors (Lipinski definition) is 1. The Morgan fingerprint density at radius 1 is 1.18 bits per heavy atom. The number of rotatable bonds is 6. The largest absolute Gasteiger partial charge is 0.491 e. The molecule has 0 fully saturated rings. The fraction of sp³-hybridized carbons (Fsp3) is 0.294. The molecule has 118 valence electrons. The summed E-state index contributed by atoms with van der Waals surface area (Å²) in [6.45, 7) is 2.19. The number of hydrogen-bond acceptors (Lipinski definition) is 3. The van der Waals surface area contributed by atoms with Gasteiger partial charge in [-0.25, -0.2) is 8.78 Å². The molecule has 0 aliphatic carbocycles. The Morgan fingerprint density at radius 3 is 2.59 bits per heavy atom. The number of nitrogens with zero attached hydrogens (tertiary/aromatic N) is 1. The number of benzene rings is 2. The molecule has 0 amide bonds. The van der Waals surface area contributed by atoms with Gasteiger partial charge in [0.2, 0.25) is 0 Å². The number of ether oxygens (including phenoxy) is 1. The highest BCUT2D eigenvalue weighted by atomic mass is 19.1. The van der Waals surface area contributed by atoms with Crippen LogP contribution >= 0.6 is 0 Å². The van der Waals surface area contributed by atoms with E-state index < -0.39 is 17.7 Å². The molecule has 0 aliphatic rings. The average molecular weight is 307 g/mol. The highest BCUT2D eigenvalue weighted by Gasteiger charge is 2.14. The molecule has 0 bridgehead atoms. The normalized spacial score (nSPS) is 12.0. The molecule has 0 heterocycles. The van der Waals surface area contributed by atoms with Crippen LogP contribution in [0.4, 0.5) is 14.5 Å². The van der Waals surface area contributed by atoms with E-state index in [2.05, 4.69) is 0 Å². The van der Waals surface area contributed by atoms with Gasteiger partial charge < -0.3 is 14.7 Å². The Labute approximate surface area is 128 Å². The van der Waals surface area contributed by atoms with Crippen LogP contribution in [0.25, 0.3) is 0 Å². The first-order chi connectivity index (χ1) is 10.5. The molecule has 0 aromatic heterocycles. The van der Waals surface area contributed by atoms with Crippen molar-refractivity contribution in [3.8, 4) is 5.75 Å². The summed E-state index contributed by atoms with van der Waals surface area (Å²) in [5, 5.41) is 10.0. The second-order valence-electron chi connectivity index (χ2n) is 5.21. The third-order valence-corrected chi connectivity index (χ3v) is 3.33. The highest BCUT2D eigenvalue weighted by Crippen LogP contribution is 2.20. The van der Waals surface area contributed by atoms with E-state index in [1.165, 1.54) is 17.0 Å². The molecule has 0 spiro atoms. The molecule has 1 unspecified atom stereocenters. The van der Waals surface area contributed by atoms with Gasteiger partial charge in [0.15, 0.2) is 0 Å². The van der Waals surface area contributed by atoms with Crippen LogP contribution in [0.3, 0.4) is 0 Å². The number of likely N-dealkylation sites (N-methyl/N-ethyl adjacent to an activating group) is 1. The SMILES string of the molecule is Cc1ccccc1OCC(O)CN(C)c1ccc(F)cc1F. The molecule has 3 nitrogen and oxygen atoms in total. The molecule has 5 heteroatoms. The minimum Gasteiger partial charge on any atom is -0.491 e. The van der Waals surface area contributed by atoms with E-state index in [4.69, 9.17) is 4.74 Å². The van der Waals surface area contributed by atoms with Crippen molar-refractivity contribution in [3.05, 3.63) is 59.7 Å². The lowest BCUT2D eigenvalue weighted by molar-refractivity contribution is 0.112. The summed E-state index contributed by atoms with van der Waals surface area (Å²) < 4.78 is 32.1. The van der Waals surface area contributed by atoms with Crippen LogP contribution in [0, 0.1) is 18.6 Å². The zero-order chi connectivity index (χ0) is 16.1. The summed E-state index contributed by atoms with van der Waals surface area (Å²) in [4.78, 5) is 1.53. The maximum absolute atomic E-state index is 13.7. The lowest BCUT2D eigenvalue weighted by Crippen LogP contribution is -2.33. The fourth-order valence-corrected chi connectivity index (χ4v) is 2.16. The van der Waals surface area contributed by atoms with Gasteiger partial charge in [-0.05, 0) is 30.7 Å². The van der Waals surface area contributed by atoms with Crippen molar-refractivity contribution in [1.29, 1.82) is 0 Å². The maximum atomic E-state index is 13.7. The van der Waals surface area contributed by atoms with E-state index in [1.54, 1.807) is 7.05 Å². The van der Waals surface area contributed by atoms with Gasteiger partial charge >= 0.3 is 0 Å². The smallest absolute Gasteiger partial charge is 0.149 e. The van der Waals surface area contributed by atoms with E-state index in [-0.39, 0.29) is 18.8 Å². The predicted octanol–water partition coefficient (Wildman–Crippen LogP) is 3.15. The van der Waals surface area contributed by atoms with E-state index in [1.807, 2.05) is 31.2 Å². The van der Waals surface area contributed by atoms with Gasteiger partial charge in [0.1, 0.15) is 30.1 Å². The zero-order valence-corrected chi connectivity index (χ0v) is 12.6. The van der Waals surface area contributed by atoms with Crippen molar-refractivity contribution in [2.45, 2.75) is 13.0 Å². The van der Waals surface area contributed by atoms with Crippen LogP contribution in [-0.2, 0) is 0 Å². The molecule has 22 heavy (non-hydrogen) atoms. The van der Waals surface area contributed by atoms with Gasteiger partial charge in [-0.3, -0.25) is 0 Å². The number of aliphatic hydroxyl groups excluding tert-OH is 1. The molecule has 0 aliphatic heterocycles. The summed E-state index contributed by atoms with van der Waals surface area (Å²) in [6, 6.07) is 10.9. The third kappa shape index (κ3) is 4.18. The second-order valence-corrected chi connectivity index (χ2v) is 5.21. The van der Waals surface area contributed by atoms with Crippen molar-refractivity contribution < 1.29 is 18.6 Å². The van der Waals surface area contributed by atoms with Gasteiger partial charge in [0.05, 0.1) is 5.69 Å². The van der Waals surface area contributed by atoms with Gasteiger partial charge in [0, 0.05) is 19.7 Å². The minimum absolute atomic E-state index is 0.0952. The molecular formula is C17H19F2NO2. The first-order valence-electron chi connectivity index (χ1n) is 7.00. The standard InChI is InChI=1S/C17H19F2NO2/c1-12-5-3-4-6-17(12)22-11-14(21)10-20(2)16-8-7-13(18)9-15(16)19/h3-9,14,21H,10-11H2,1-2H3. The van der Waals surface area contributed by atoms with Crippen LogP contribution in [-0.4, -0.2) is 31.4 Å². The molecule has 0 saturated heterocycles. The van der Waals surface area contributed by atoms with Crippen LogP contribution in [0.2, 0.25) is 0 Å². The number of anilines is 1. The van der Waals surface area contributed by atoms with Crippen LogP contribution in [0.5, 0.6) is 5.75 Å². The predicted molar refractivity (Wildman–Crippen MR) is 82.3 cm³/mol. The summed E-state index contributed by atoms with van der Waals surface area (Å²) in [6.07, 6.45) is -0.797. The molecule has 2 aromatic carbocycles. The second kappa shape index (κ2) is 7.22. The van der Waals surface area contributed by atoms with E-state index in [0.29, 0.717) is 5.75 Å². The Kier molecular flexibility index (Phi) is 5.33. The molecule has 2 aromatic rings. The topological polar surface area (TPSA) is 32.7 Å². The third-order valence-electron chi connectivity index (χ3n) is 3.33. The van der Waals surface area contributed by atoms with Gasteiger partial charge in [0.25, 0.3) is 0 Å². The van der Waals surface area contributed by atoms with Crippen molar-refractivity contribution in [3.63, 3.8) is 0 Å². The molecule has 1 N–H and O–H groups in total. The number of aliphatic hydroxyl groups is 1. The monoisotopic (exact) mass is 307 g/mol. The summed E-state index contributed by atoms with van der Waals surface area (Å²) in [5.74, 6) is -0.579. The number of aryl methyl sites for hydroxylation is 1. The van der Waals surface area contributed by atoms with E-state index in [0.717, 1.165) is 11.6 Å². The van der Waals surface area contributed by atoms with E-state index in [9.17, 15) is 13.9 Å². The number of halogens is 2. The Balaban J connectivity index is 1.91. The Hall–Kier alpha value is -2.14. The zero-order valence-electron chi connectivity index (χ0n) is 12.6. The van der Waals surface area contributed by atoms with Crippen LogP contribution in [0.1, 0.15) is 5.56 Å². The lowest BCUT2D eigenvalue weighted by atomic mass is 10.2.